The predicted octanol–water partition coefficient (Wildman–Crippen LogP) is -0.0228. The zero-order valence-corrected chi connectivity index (χ0v) is 10.8. The number of methoxy groups -OCH3 is 1. The summed E-state index contributed by atoms with van der Waals surface area (Å²) >= 11 is 0. The molecule has 0 spiro atoms. The molecule has 0 fully saturated rings. The maximum Gasteiger partial charge on any atom is 0.330 e. The number of rotatable bonds is 7. The largest absolute Gasteiger partial charge is 0.383 e. The minimum Gasteiger partial charge on any atom is -0.383 e. The van der Waals surface area contributed by atoms with Crippen LogP contribution in [0.15, 0.2) is 9.59 Å². The molecule has 0 amide bonds. The van der Waals surface area contributed by atoms with Gasteiger partial charge in [0, 0.05) is 13.7 Å². The molecule has 4 N–H and O–H groups in total. The van der Waals surface area contributed by atoms with E-state index in [1.165, 1.54) is 11.7 Å². The lowest BCUT2D eigenvalue weighted by Crippen LogP contribution is -2.35. The summed E-state index contributed by atoms with van der Waals surface area (Å²) in [6.07, 6.45) is 1.93. The normalized spacial score (nSPS) is 10.6. The van der Waals surface area contributed by atoms with Gasteiger partial charge in [0.05, 0.1) is 13.2 Å². The fraction of sp³-hybridized carbons (Fsp3) is 0.636. The highest BCUT2D eigenvalue weighted by molar-refractivity contribution is 5.60. The number of H-pyrrole nitrogens is 1. The monoisotopic (exact) mass is 256 g/mol. The highest BCUT2D eigenvalue weighted by atomic mass is 16.5. The summed E-state index contributed by atoms with van der Waals surface area (Å²) in [5.74, 6) is 0.150. The van der Waals surface area contributed by atoms with Crippen molar-refractivity contribution >= 4 is 11.5 Å². The third-order valence-corrected chi connectivity index (χ3v) is 2.59. The van der Waals surface area contributed by atoms with Crippen LogP contribution >= 0.6 is 0 Å². The van der Waals surface area contributed by atoms with Crippen molar-refractivity contribution in [2.45, 2.75) is 26.3 Å². The number of nitrogens with two attached hydrogens (primary N) is 1. The topological polar surface area (TPSA) is 102 Å². The fourth-order valence-corrected chi connectivity index (χ4v) is 1.55. The second-order valence-corrected chi connectivity index (χ2v) is 3.94. The zero-order chi connectivity index (χ0) is 13.5. The summed E-state index contributed by atoms with van der Waals surface area (Å²) < 4.78 is 6.19. The maximum atomic E-state index is 11.6. The Morgan fingerprint density at radius 2 is 2.17 bits per heavy atom. The quantitative estimate of drug-likeness (QED) is 0.595. The van der Waals surface area contributed by atoms with Crippen molar-refractivity contribution in [3.05, 3.63) is 20.8 Å². The number of hydrogen-bond donors (Lipinski definition) is 3. The van der Waals surface area contributed by atoms with E-state index < -0.39 is 11.2 Å². The molecule has 1 aromatic heterocycles. The van der Waals surface area contributed by atoms with Crippen LogP contribution in [0.4, 0.5) is 11.5 Å². The van der Waals surface area contributed by atoms with Gasteiger partial charge in [-0.3, -0.25) is 14.3 Å². The van der Waals surface area contributed by atoms with Crippen molar-refractivity contribution < 1.29 is 4.74 Å². The Balaban J connectivity index is 3.02. The zero-order valence-electron chi connectivity index (χ0n) is 10.8. The summed E-state index contributed by atoms with van der Waals surface area (Å²) in [6, 6.07) is 0. The molecule has 0 unspecified atom stereocenters. The first-order valence-electron chi connectivity index (χ1n) is 5.97. The van der Waals surface area contributed by atoms with E-state index in [-0.39, 0.29) is 11.5 Å². The second-order valence-electron chi connectivity index (χ2n) is 3.94. The van der Waals surface area contributed by atoms with E-state index in [2.05, 4.69) is 17.2 Å². The van der Waals surface area contributed by atoms with Gasteiger partial charge in [-0.2, -0.15) is 0 Å². The third-order valence-electron chi connectivity index (χ3n) is 2.59. The third kappa shape index (κ3) is 3.36. The molecule has 1 heterocycles. The average molecular weight is 256 g/mol. The van der Waals surface area contributed by atoms with Crippen LogP contribution in [0.2, 0.25) is 0 Å². The van der Waals surface area contributed by atoms with Crippen molar-refractivity contribution in [2.75, 3.05) is 31.3 Å². The van der Waals surface area contributed by atoms with Crippen LogP contribution in [0.1, 0.15) is 19.8 Å². The van der Waals surface area contributed by atoms with Gasteiger partial charge in [-0.1, -0.05) is 13.3 Å². The van der Waals surface area contributed by atoms with Gasteiger partial charge in [0.25, 0.3) is 5.56 Å². The van der Waals surface area contributed by atoms with Gasteiger partial charge in [-0.05, 0) is 6.42 Å². The van der Waals surface area contributed by atoms with Crippen LogP contribution in [0.5, 0.6) is 0 Å². The fourth-order valence-electron chi connectivity index (χ4n) is 1.55. The van der Waals surface area contributed by atoms with E-state index in [0.717, 1.165) is 12.8 Å². The highest BCUT2D eigenvalue weighted by Gasteiger charge is 2.11. The first-order chi connectivity index (χ1) is 8.61. The van der Waals surface area contributed by atoms with Gasteiger partial charge in [-0.15, -0.1) is 0 Å². The smallest absolute Gasteiger partial charge is 0.330 e. The number of nitrogens with one attached hydrogen (secondary N) is 2. The molecule has 1 rings (SSSR count). The summed E-state index contributed by atoms with van der Waals surface area (Å²) in [5.41, 5.74) is 5.08. The van der Waals surface area contributed by atoms with Crippen LogP contribution in [0.3, 0.4) is 0 Å². The molecule has 0 saturated heterocycles. The standard InChI is InChI=1S/C11H20N4O3/c1-3-4-5-13-8-9(12)15(6-7-18-2)11(17)14-10(8)16/h13H,3-7,12H2,1-2H3,(H,14,16,17). The first kappa shape index (κ1) is 14.3. The molecule has 18 heavy (non-hydrogen) atoms. The number of aromatic nitrogens is 2. The molecular weight excluding hydrogens is 236 g/mol. The molecule has 0 aliphatic heterocycles. The van der Waals surface area contributed by atoms with Crippen LogP contribution in [0.25, 0.3) is 0 Å². The number of ether oxygens (including phenoxy) is 1. The van der Waals surface area contributed by atoms with Gasteiger partial charge in [0.2, 0.25) is 0 Å². The van der Waals surface area contributed by atoms with Gasteiger partial charge in [0.15, 0.2) is 0 Å². The summed E-state index contributed by atoms with van der Waals surface area (Å²) in [7, 11) is 1.54. The van der Waals surface area contributed by atoms with Crippen molar-refractivity contribution in [1.82, 2.24) is 9.55 Å². The van der Waals surface area contributed by atoms with E-state index in [1.54, 1.807) is 0 Å². The number of nitrogen functional groups attached to an aromatic ring is 1. The maximum absolute atomic E-state index is 11.6. The lowest BCUT2D eigenvalue weighted by molar-refractivity contribution is 0.186. The van der Waals surface area contributed by atoms with E-state index in [1.807, 2.05) is 0 Å². The minimum absolute atomic E-state index is 0.150. The Labute approximate surface area is 105 Å². The number of anilines is 2. The minimum atomic E-state index is -0.518. The second kappa shape index (κ2) is 6.85. The number of aromatic amines is 1. The SMILES string of the molecule is CCCCNc1c(N)n(CCOC)c(=O)[nH]c1=O. The lowest BCUT2D eigenvalue weighted by Gasteiger charge is -2.13. The molecule has 0 aliphatic carbocycles. The van der Waals surface area contributed by atoms with E-state index in [9.17, 15) is 9.59 Å². The summed E-state index contributed by atoms with van der Waals surface area (Å²) in [4.78, 5) is 25.5. The average Bonchev–Trinajstić information content (AvgIpc) is 2.33. The Kier molecular flexibility index (Phi) is 5.44. The van der Waals surface area contributed by atoms with Crippen LogP contribution in [0, 0.1) is 0 Å². The Hall–Kier alpha value is -1.76. The summed E-state index contributed by atoms with van der Waals surface area (Å²) in [5, 5.41) is 2.96. The predicted molar refractivity (Wildman–Crippen MR) is 71.0 cm³/mol. The van der Waals surface area contributed by atoms with Crippen LogP contribution in [-0.4, -0.2) is 29.8 Å². The van der Waals surface area contributed by atoms with E-state index >= 15 is 0 Å². The van der Waals surface area contributed by atoms with Gasteiger partial charge >= 0.3 is 5.69 Å². The number of unbranched alkanes of at least 4 members (excludes halogenated alkanes) is 1. The molecule has 0 atom stereocenters. The molecule has 102 valence electrons. The Morgan fingerprint density at radius 1 is 1.44 bits per heavy atom. The molecule has 7 heteroatoms. The molecule has 1 aromatic rings. The van der Waals surface area contributed by atoms with Crippen molar-refractivity contribution in [2.24, 2.45) is 0 Å². The van der Waals surface area contributed by atoms with Crippen molar-refractivity contribution in [1.29, 1.82) is 0 Å². The molecule has 0 aliphatic rings. The van der Waals surface area contributed by atoms with Crippen molar-refractivity contribution in [3.8, 4) is 0 Å². The van der Waals surface area contributed by atoms with Gasteiger partial charge in [-0.25, -0.2) is 4.79 Å². The van der Waals surface area contributed by atoms with Crippen LogP contribution < -0.4 is 22.3 Å². The van der Waals surface area contributed by atoms with Crippen LogP contribution in [-0.2, 0) is 11.3 Å². The van der Waals surface area contributed by atoms with E-state index in [0.29, 0.717) is 19.7 Å². The number of hydrogen-bond acceptors (Lipinski definition) is 5. The molecule has 0 bridgehead atoms. The Bertz CT molecular complexity index is 492. The molecule has 7 nitrogen and oxygen atoms in total. The highest BCUT2D eigenvalue weighted by Crippen LogP contribution is 2.09. The van der Waals surface area contributed by atoms with E-state index in [4.69, 9.17) is 10.5 Å². The Morgan fingerprint density at radius 3 is 2.78 bits per heavy atom. The van der Waals surface area contributed by atoms with Gasteiger partial charge < -0.3 is 15.8 Å². The summed E-state index contributed by atoms with van der Waals surface area (Å²) in [6.45, 7) is 3.35. The number of nitrogens with zero attached hydrogens (tertiary/aromatic N) is 1. The molecule has 0 saturated carbocycles. The molecular formula is C11H20N4O3. The first-order valence-corrected chi connectivity index (χ1v) is 5.97. The van der Waals surface area contributed by atoms with Crippen molar-refractivity contribution in [3.63, 3.8) is 0 Å². The molecule has 0 aromatic carbocycles. The molecule has 0 radical (unpaired) electrons. The lowest BCUT2D eigenvalue weighted by atomic mass is 10.3. The van der Waals surface area contributed by atoms with Gasteiger partial charge in [0.1, 0.15) is 11.5 Å².